The molecule has 0 saturated carbocycles. The third-order valence-corrected chi connectivity index (χ3v) is 2.19. The van der Waals surface area contributed by atoms with Gasteiger partial charge in [0, 0.05) is 12.2 Å². The van der Waals surface area contributed by atoms with E-state index in [9.17, 15) is 0 Å². The van der Waals surface area contributed by atoms with Gasteiger partial charge in [-0.3, -0.25) is 0 Å². The first-order valence-electron chi connectivity index (χ1n) is 4.27. The molecule has 0 unspecified atom stereocenters. The van der Waals surface area contributed by atoms with Crippen LogP contribution >= 0.6 is 0 Å². The fourth-order valence-electron chi connectivity index (χ4n) is 1.35. The highest BCUT2D eigenvalue weighted by Crippen LogP contribution is 2.18. The molecule has 66 valence electrons. The third kappa shape index (κ3) is 1.59. The Balaban J connectivity index is 3.19. The van der Waals surface area contributed by atoms with Crippen LogP contribution in [-0.2, 0) is 13.0 Å². The van der Waals surface area contributed by atoms with Crippen LogP contribution in [0.2, 0.25) is 0 Å². The largest absolute Gasteiger partial charge is 0.399 e. The monoisotopic (exact) mass is 164 g/mol. The molecule has 0 aliphatic carbocycles. The van der Waals surface area contributed by atoms with Gasteiger partial charge < -0.3 is 11.5 Å². The maximum Gasteiger partial charge on any atom is 0.0346 e. The fourth-order valence-corrected chi connectivity index (χ4v) is 1.35. The summed E-state index contributed by atoms with van der Waals surface area (Å²) in [5.41, 5.74) is 15.8. The molecule has 1 rings (SSSR count). The Morgan fingerprint density at radius 3 is 2.42 bits per heavy atom. The average molecular weight is 164 g/mol. The molecule has 2 nitrogen and oxygen atoms in total. The lowest BCUT2D eigenvalue weighted by molar-refractivity contribution is 1.000. The molecule has 0 radical (unpaired) electrons. The summed E-state index contributed by atoms with van der Waals surface area (Å²) in [4.78, 5) is 0. The predicted octanol–water partition coefficient (Wildman–Crippen LogP) is 1.60. The molecule has 0 saturated heterocycles. The fraction of sp³-hybridized carbons (Fsp3) is 0.400. The lowest BCUT2D eigenvalue weighted by Gasteiger charge is -2.09. The zero-order valence-electron chi connectivity index (χ0n) is 7.72. The summed E-state index contributed by atoms with van der Waals surface area (Å²) in [6.07, 6.45) is 0.997. The molecule has 12 heavy (non-hydrogen) atoms. The molecular formula is C10H16N2. The molecule has 0 heterocycles. The molecule has 2 heteroatoms. The van der Waals surface area contributed by atoms with E-state index in [0.717, 1.165) is 17.7 Å². The lowest BCUT2D eigenvalue weighted by atomic mass is 10.0. The van der Waals surface area contributed by atoms with Gasteiger partial charge >= 0.3 is 0 Å². The summed E-state index contributed by atoms with van der Waals surface area (Å²) in [7, 11) is 0. The van der Waals surface area contributed by atoms with Gasteiger partial charge in [-0.25, -0.2) is 0 Å². The summed E-state index contributed by atoms with van der Waals surface area (Å²) in [6.45, 7) is 4.72. The van der Waals surface area contributed by atoms with Crippen LogP contribution in [0, 0.1) is 6.92 Å². The number of rotatable bonds is 2. The van der Waals surface area contributed by atoms with Crippen molar-refractivity contribution in [1.82, 2.24) is 0 Å². The van der Waals surface area contributed by atoms with Gasteiger partial charge in [-0.05, 0) is 36.1 Å². The van der Waals surface area contributed by atoms with Gasteiger partial charge in [0.15, 0.2) is 0 Å². The van der Waals surface area contributed by atoms with Gasteiger partial charge in [0.25, 0.3) is 0 Å². The molecule has 0 aliphatic rings. The van der Waals surface area contributed by atoms with Crippen LogP contribution in [0.15, 0.2) is 12.1 Å². The number of nitrogens with two attached hydrogens (primary N) is 2. The van der Waals surface area contributed by atoms with E-state index in [0.29, 0.717) is 6.54 Å². The van der Waals surface area contributed by atoms with Crippen molar-refractivity contribution in [2.45, 2.75) is 26.8 Å². The van der Waals surface area contributed by atoms with Crippen molar-refractivity contribution in [3.63, 3.8) is 0 Å². The van der Waals surface area contributed by atoms with Crippen LogP contribution in [0.3, 0.4) is 0 Å². The van der Waals surface area contributed by atoms with Crippen molar-refractivity contribution in [3.8, 4) is 0 Å². The van der Waals surface area contributed by atoms with Crippen LogP contribution in [0.5, 0.6) is 0 Å². The Bertz CT molecular complexity index is 250. The predicted molar refractivity (Wildman–Crippen MR) is 52.9 cm³/mol. The van der Waals surface area contributed by atoms with Crippen molar-refractivity contribution in [3.05, 3.63) is 28.8 Å². The van der Waals surface area contributed by atoms with E-state index in [4.69, 9.17) is 11.5 Å². The van der Waals surface area contributed by atoms with E-state index in [1.807, 2.05) is 13.0 Å². The van der Waals surface area contributed by atoms with Crippen molar-refractivity contribution < 1.29 is 0 Å². The first-order valence-corrected chi connectivity index (χ1v) is 4.27. The number of benzene rings is 1. The molecule has 0 atom stereocenters. The highest BCUT2D eigenvalue weighted by atomic mass is 14.6. The molecule has 0 bridgehead atoms. The average Bonchev–Trinajstić information content (AvgIpc) is 2.09. The number of nitrogen functional groups attached to an aromatic ring is 1. The molecule has 0 spiro atoms. The smallest absolute Gasteiger partial charge is 0.0346 e. The second-order valence-corrected chi connectivity index (χ2v) is 3.04. The van der Waals surface area contributed by atoms with Gasteiger partial charge in [0.2, 0.25) is 0 Å². The Hall–Kier alpha value is -1.02. The second-order valence-electron chi connectivity index (χ2n) is 3.04. The maximum absolute atomic E-state index is 5.78. The molecule has 1 aromatic carbocycles. The van der Waals surface area contributed by atoms with Gasteiger partial charge in [0.1, 0.15) is 0 Å². The van der Waals surface area contributed by atoms with Gasteiger partial charge in [-0.15, -0.1) is 0 Å². The lowest BCUT2D eigenvalue weighted by Crippen LogP contribution is -2.03. The topological polar surface area (TPSA) is 52.0 Å². The zero-order chi connectivity index (χ0) is 9.14. The van der Waals surface area contributed by atoms with Crippen LogP contribution in [0.1, 0.15) is 23.6 Å². The molecule has 0 amide bonds. The number of hydrogen-bond donors (Lipinski definition) is 2. The SMILES string of the molecule is CCc1cc(N)c(C)cc1CN. The second kappa shape index (κ2) is 3.59. The number of anilines is 1. The van der Waals surface area contributed by atoms with Gasteiger partial charge in [0.05, 0.1) is 0 Å². The Labute approximate surface area is 73.6 Å². The highest BCUT2D eigenvalue weighted by Gasteiger charge is 2.01. The van der Waals surface area contributed by atoms with E-state index < -0.39 is 0 Å². The summed E-state index contributed by atoms with van der Waals surface area (Å²) in [5.74, 6) is 0. The first kappa shape index (κ1) is 9.07. The van der Waals surface area contributed by atoms with Crippen LogP contribution in [0.4, 0.5) is 5.69 Å². The van der Waals surface area contributed by atoms with E-state index in [2.05, 4.69) is 13.0 Å². The van der Waals surface area contributed by atoms with Crippen LogP contribution < -0.4 is 11.5 Å². The van der Waals surface area contributed by atoms with E-state index in [1.54, 1.807) is 0 Å². The highest BCUT2D eigenvalue weighted by molar-refractivity contribution is 5.51. The van der Waals surface area contributed by atoms with E-state index in [1.165, 1.54) is 11.1 Å². The zero-order valence-corrected chi connectivity index (χ0v) is 7.72. The Kier molecular flexibility index (Phi) is 2.71. The van der Waals surface area contributed by atoms with Crippen molar-refractivity contribution in [2.75, 3.05) is 5.73 Å². The molecule has 0 aliphatic heterocycles. The van der Waals surface area contributed by atoms with Gasteiger partial charge in [-0.1, -0.05) is 13.0 Å². The van der Waals surface area contributed by atoms with Crippen LogP contribution in [-0.4, -0.2) is 0 Å². The molecule has 1 aromatic rings. The molecule has 0 aromatic heterocycles. The van der Waals surface area contributed by atoms with Crippen molar-refractivity contribution in [1.29, 1.82) is 0 Å². The van der Waals surface area contributed by atoms with Crippen molar-refractivity contribution in [2.24, 2.45) is 5.73 Å². The minimum absolute atomic E-state index is 0.601. The van der Waals surface area contributed by atoms with Gasteiger partial charge in [-0.2, -0.15) is 0 Å². The van der Waals surface area contributed by atoms with Crippen molar-refractivity contribution >= 4 is 5.69 Å². The van der Waals surface area contributed by atoms with Crippen LogP contribution in [0.25, 0.3) is 0 Å². The summed E-state index contributed by atoms with van der Waals surface area (Å²) < 4.78 is 0. The summed E-state index contributed by atoms with van der Waals surface area (Å²) in [6, 6.07) is 4.10. The first-order chi connectivity index (χ1) is 5.69. The Morgan fingerprint density at radius 2 is 1.92 bits per heavy atom. The van der Waals surface area contributed by atoms with E-state index in [-0.39, 0.29) is 0 Å². The van der Waals surface area contributed by atoms with E-state index >= 15 is 0 Å². The maximum atomic E-state index is 5.78. The minimum atomic E-state index is 0.601. The Morgan fingerprint density at radius 1 is 1.25 bits per heavy atom. The normalized spacial score (nSPS) is 10.2. The quantitative estimate of drug-likeness (QED) is 0.652. The summed E-state index contributed by atoms with van der Waals surface area (Å²) in [5, 5.41) is 0. The number of aryl methyl sites for hydroxylation is 2. The minimum Gasteiger partial charge on any atom is -0.399 e. The molecule has 0 fully saturated rings. The third-order valence-electron chi connectivity index (χ3n) is 2.19. The standard InChI is InChI=1S/C10H16N2/c1-3-8-5-10(12)7(2)4-9(8)6-11/h4-5H,3,6,11-12H2,1-2H3. The molecular weight excluding hydrogens is 148 g/mol. The molecule has 4 N–H and O–H groups in total. The summed E-state index contributed by atoms with van der Waals surface area (Å²) >= 11 is 0. The number of hydrogen-bond acceptors (Lipinski definition) is 2.